The van der Waals surface area contributed by atoms with Crippen molar-refractivity contribution in [3.63, 3.8) is 0 Å². The fourth-order valence-corrected chi connectivity index (χ4v) is 1.46. The molecule has 19 heavy (non-hydrogen) atoms. The van der Waals surface area contributed by atoms with E-state index in [0.717, 1.165) is 0 Å². The van der Waals surface area contributed by atoms with Crippen LogP contribution < -0.4 is 10.6 Å². The molecule has 0 spiro atoms. The topological polar surface area (TPSA) is 109 Å². The number of carbonyl (C=O) groups is 2. The van der Waals surface area contributed by atoms with Crippen LogP contribution in [0.2, 0.25) is 0 Å². The van der Waals surface area contributed by atoms with Crippen LogP contribution in [0.25, 0.3) is 0 Å². The molecule has 0 aromatic carbocycles. The van der Waals surface area contributed by atoms with E-state index in [2.05, 4.69) is 20.7 Å². The molecule has 106 valence electrons. The minimum absolute atomic E-state index is 0.142. The monoisotopic (exact) mass is 269 g/mol. The Morgan fingerprint density at radius 3 is 2.53 bits per heavy atom. The fourth-order valence-electron chi connectivity index (χ4n) is 1.46. The number of aromatic nitrogens is 3. The summed E-state index contributed by atoms with van der Waals surface area (Å²) in [6.45, 7) is 5.37. The molecule has 0 saturated heterocycles. The zero-order valence-corrected chi connectivity index (χ0v) is 11.5. The maximum absolute atomic E-state index is 11.6. The average Bonchev–Trinajstić information content (AvgIpc) is 2.67. The highest BCUT2D eigenvalue weighted by Gasteiger charge is 2.32. The first-order valence-electron chi connectivity index (χ1n) is 5.82. The number of carboxylic acids is 1. The van der Waals surface area contributed by atoms with E-state index >= 15 is 0 Å². The Hall–Kier alpha value is -2.12. The zero-order valence-electron chi connectivity index (χ0n) is 11.5. The Balaban J connectivity index is 2.52. The van der Waals surface area contributed by atoms with Crippen molar-refractivity contribution in [2.45, 2.75) is 33.4 Å². The molecule has 0 radical (unpaired) electrons. The van der Waals surface area contributed by atoms with Gasteiger partial charge in [-0.2, -0.15) is 5.10 Å². The summed E-state index contributed by atoms with van der Waals surface area (Å²) in [5.74, 6) is -0.612. The van der Waals surface area contributed by atoms with Gasteiger partial charge in [-0.05, 0) is 5.41 Å². The van der Waals surface area contributed by atoms with E-state index in [9.17, 15) is 9.59 Å². The number of amides is 2. The van der Waals surface area contributed by atoms with Gasteiger partial charge in [-0.15, -0.1) is 0 Å². The highest BCUT2D eigenvalue weighted by atomic mass is 16.4. The minimum atomic E-state index is -1.07. The molecule has 0 aliphatic rings. The van der Waals surface area contributed by atoms with Gasteiger partial charge in [0.15, 0.2) is 5.82 Å². The van der Waals surface area contributed by atoms with Crippen molar-refractivity contribution in [3.8, 4) is 0 Å². The Morgan fingerprint density at radius 2 is 2.11 bits per heavy atom. The number of carboxylic acid groups (broad SMARTS) is 1. The summed E-state index contributed by atoms with van der Waals surface area (Å²) in [5.41, 5.74) is -0.577. The van der Waals surface area contributed by atoms with Crippen molar-refractivity contribution in [1.82, 2.24) is 25.4 Å². The van der Waals surface area contributed by atoms with Crippen molar-refractivity contribution in [2.75, 3.05) is 0 Å². The summed E-state index contributed by atoms with van der Waals surface area (Å²) in [7, 11) is 1.72. The summed E-state index contributed by atoms with van der Waals surface area (Å²) in [5, 5.41) is 18.0. The predicted molar refractivity (Wildman–Crippen MR) is 67.3 cm³/mol. The molecule has 0 bridgehead atoms. The number of nitrogens with zero attached hydrogens (tertiary/aromatic N) is 3. The zero-order chi connectivity index (χ0) is 14.6. The fraction of sp³-hybridized carbons (Fsp3) is 0.636. The van der Waals surface area contributed by atoms with Gasteiger partial charge in [0, 0.05) is 7.05 Å². The Labute approximate surface area is 111 Å². The summed E-state index contributed by atoms with van der Waals surface area (Å²) < 4.78 is 1.52. The second-order valence-electron chi connectivity index (χ2n) is 5.30. The van der Waals surface area contributed by atoms with Crippen LogP contribution in [-0.2, 0) is 18.4 Å². The van der Waals surface area contributed by atoms with Crippen LogP contribution in [0.3, 0.4) is 0 Å². The smallest absolute Gasteiger partial charge is 0.326 e. The summed E-state index contributed by atoms with van der Waals surface area (Å²) in [4.78, 5) is 26.7. The van der Waals surface area contributed by atoms with Crippen LogP contribution in [0, 0.1) is 5.41 Å². The van der Waals surface area contributed by atoms with Gasteiger partial charge < -0.3 is 15.7 Å². The first kappa shape index (κ1) is 14.9. The van der Waals surface area contributed by atoms with Gasteiger partial charge in [0.05, 0.1) is 6.54 Å². The third kappa shape index (κ3) is 4.57. The normalized spacial score (nSPS) is 12.8. The van der Waals surface area contributed by atoms with E-state index < -0.39 is 23.5 Å². The first-order valence-corrected chi connectivity index (χ1v) is 5.82. The third-order valence-corrected chi connectivity index (χ3v) is 2.44. The average molecular weight is 269 g/mol. The van der Waals surface area contributed by atoms with E-state index in [1.165, 1.54) is 11.0 Å². The minimum Gasteiger partial charge on any atom is -0.480 e. The van der Waals surface area contributed by atoms with Crippen molar-refractivity contribution >= 4 is 12.0 Å². The number of urea groups is 1. The molecular formula is C11H19N5O3. The van der Waals surface area contributed by atoms with E-state index in [0.29, 0.717) is 5.82 Å². The summed E-state index contributed by atoms with van der Waals surface area (Å²) >= 11 is 0. The summed E-state index contributed by atoms with van der Waals surface area (Å²) in [6.07, 6.45) is 1.52. The van der Waals surface area contributed by atoms with Crippen LogP contribution in [0.1, 0.15) is 26.6 Å². The van der Waals surface area contributed by atoms with E-state index in [4.69, 9.17) is 5.11 Å². The maximum Gasteiger partial charge on any atom is 0.326 e. The second kappa shape index (κ2) is 5.68. The predicted octanol–water partition coefficient (Wildman–Crippen LogP) is 0.114. The number of hydrogen-bond donors (Lipinski definition) is 3. The SMILES string of the molecule is Cn1cnc(CNC(=O)N[C@H](C(=O)O)C(C)(C)C)n1. The second-order valence-corrected chi connectivity index (χ2v) is 5.30. The summed E-state index contributed by atoms with van der Waals surface area (Å²) in [6, 6.07) is -1.53. The van der Waals surface area contributed by atoms with Crippen molar-refractivity contribution in [1.29, 1.82) is 0 Å². The Morgan fingerprint density at radius 1 is 1.47 bits per heavy atom. The highest BCUT2D eigenvalue weighted by molar-refractivity contribution is 5.83. The maximum atomic E-state index is 11.6. The van der Waals surface area contributed by atoms with Gasteiger partial charge >= 0.3 is 12.0 Å². The van der Waals surface area contributed by atoms with Gasteiger partial charge in [0.25, 0.3) is 0 Å². The lowest BCUT2D eigenvalue weighted by molar-refractivity contribution is -0.141. The standard InChI is InChI=1S/C11H19N5O3/c1-11(2,3)8(9(17)18)14-10(19)12-5-7-13-6-16(4)15-7/h6,8H,5H2,1-4H3,(H,17,18)(H2,12,14,19)/t8-/m1/s1. The number of carbonyl (C=O) groups excluding carboxylic acids is 1. The van der Waals surface area contributed by atoms with Gasteiger partial charge in [-0.25, -0.2) is 14.6 Å². The first-order chi connectivity index (χ1) is 8.70. The quantitative estimate of drug-likeness (QED) is 0.719. The lowest BCUT2D eigenvalue weighted by Crippen LogP contribution is -2.52. The van der Waals surface area contributed by atoms with Crippen LogP contribution >= 0.6 is 0 Å². The molecule has 3 N–H and O–H groups in total. The molecule has 1 heterocycles. The lowest BCUT2D eigenvalue weighted by Gasteiger charge is -2.27. The number of nitrogens with one attached hydrogen (secondary N) is 2. The molecule has 2 amide bonds. The molecule has 0 saturated carbocycles. The van der Waals surface area contributed by atoms with Gasteiger partial charge in [-0.1, -0.05) is 20.8 Å². The van der Waals surface area contributed by atoms with Crippen LogP contribution in [-0.4, -0.2) is 37.9 Å². The number of aryl methyl sites for hydroxylation is 1. The van der Waals surface area contributed by atoms with Crippen LogP contribution in [0.5, 0.6) is 0 Å². The Kier molecular flexibility index (Phi) is 4.47. The molecule has 8 nitrogen and oxygen atoms in total. The molecule has 0 aliphatic heterocycles. The molecule has 0 fully saturated rings. The number of aliphatic carboxylic acids is 1. The molecule has 0 unspecified atom stereocenters. The largest absolute Gasteiger partial charge is 0.480 e. The van der Waals surface area contributed by atoms with Gasteiger partial charge in [0.2, 0.25) is 0 Å². The molecule has 0 aliphatic carbocycles. The lowest BCUT2D eigenvalue weighted by atomic mass is 9.87. The molecule has 1 aromatic heterocycles. The van der Waals surface area contributed by atoms with E-state index in [1.807, 2.05) is 0 Å². The van der Waals surface area contributed by atoms with Crippen molar-refractivity contribution in [3.05, 3.63) is 12.2 Å². The van der Waals surface area contributed by atoms with Crippen LogP contribution in [0.4, 0.5) is 4.79 Å². The molecule has 1 rings (SSSR count). The van der Waals surface area contributed by atoms with E-state index in [-0.39, 0.29) is 6.54 Å². The third-order valence-electron chi connectivity index (χ3n) is 2.44. The molecular weight excluding hydrogens is 250 g/mol. The van der Waals surface area contributed by atoms with Crippen molar-refractivity contribution < 1.29 is 14.7 Å². The number of hydrogen-bond acceptors (Lipinski definition) is 4. The molecule has 1 atom stereocenters. The van der Waals surface area contributed by atoms with Gasteiger partial charge in [-0.3, -0.25) is 4.68 Å². The Bertz CT molecular complexity index is 463. The van der Waals surface area contributed by atoms with E-state index in [1.54, 1.807) is 27.8 Å². The number of rotatable bonds is 4. The molecule has 8 heteroatoms. The van der Waals surface area contributed by atoms with Gasteiger partial charge in [0.1, 0.15) is 12.4 Å². The van der Waals surface area contributed by atoms with Crippen LogP contribution in [0.15, 0.2) is 6.33 Å². The molecule has 1 aromatic rings. The highest BCUT2D eigenvalue weighted by Crippen LogP contribution is 2.19. The van der Waals surface area contributed by atoms with Crippen molar-refractivity contribution in [2.24, 2.45) is 12.5 Å².